The van der Waals surface area contributed by atoms with Gasteiger partial charge in [-0.05, 0) is 37.5 Å². The molecule has 0 bridgehead atoms. The highest BCUT2D eigenvalue weighted by molar-refractivity contribution is 6.31. The summed E-state index contributed by atoms with van der Waals surface area (Å²) in [5.41, 5.74) is 3.08. The number of hydrogen-bond acceptors (Lipinski definition) is 3. The van der Waals surface area contributed by atoms with E-state index in [1.807, 2.05) is 0 Å². The average molecular weight is 292 g/mol. The molecular formula is C14H14ClN3O2. The molecule has 104 valence electrons. The second-order valence-corrected chi connectivity index (χ2v) is 5.12. The number of carbonyl (C=O) groups excluding carboxylic acids is 1. The third kappa shape index (κ3) is 2.25. The van der Waals surface area contributed by atoms with Gasteiger partial charge >= 0.3 is 0 Å². The van der Waals surface area contributed by atoms with Crippen molar-refractivity contribution in [2.45, 2.75) is 19.3 Å². The lowest BCUT2D eigenvalue weighted by atomic mass is 10.2. The molecule has 20 heavy (non-hydrogen) atoms. The van der Waals surface area contributed by atoms with Crippen LogP contribution in [0.1, 0.15) is 28.2 Å². The maximum Gasteiger partial charge on any atom is 0.276 e. The first kappa shape index (κ1) is 13.0. The van der Waals surface area contributed by atoms with Gasteiger partial charge in [-0.3, -0.25) is 9.89 Å². The van der Waals surface area contributed by atoms with Crippen LogP contribution in [0, 0.1) is 0 Å². The smallest absolute Gasteiger partial charge is 0.276 e. The molecule has 5 nitrogen and oxygen atoms in total. The van der Waals surface area contributed by atoms with E-state index >= 15 is 0 Å². The van der Waals surface area contributed by atoms with Gasteiger partial charge in [-0.15, -0.1) is 0 Å². The number of aryl methyl sites for hydroxylation is 1. The Labute approximate surface area is 121 Å². The molecule has 2 N–H and O–H groups in total. The lowest BCUT2D eigenvalue weighted by Gasteiger charge is -2.10. The molecule has 1 aliphatic carbocycles. The number of methoxy groups -OCH3 is 1. The van der Waals surface area contributed by atoms with Crippen molar-refractivity contribution in [2.75, 3.05) is 12.4 Å². The Morgan fingerprint density at radius 3 is 3.10 bits per heavy atom. The largest absolute Gasteiger partial charge is 0.495 e. The Bertz CT molecular complexity index is 666. The van der Waals surface area contributed by atoms with E-state index in [0.29, 0.717) is 22.2 Å². The highest BCUT2D eigenvalue weighted by Crippen LogP contribution is 2.29. The van der Waals surface area contributed by atoms with E-state index in [9.17, 15) is 4.79 Å². The minimum atomic E-state index is -0.245. The summed E-state index contributed by atoms with van der Waals surface area (Å²) in [6.45, 7) is 0. The molecule has 0 spiro atoms. The van der Waals surface area contributed by atoms with E-state index in [4.69, 9.17) is 16.3 Å². The quantitative estimate of drug-likeness (QED) is 0.914. The fraction of sp³-hybridized carbons (Fsp3) is 0.286. The monoisotopic (exact) mass is 291 g/mol. The Morgan fingerprint density at radius 2 is 2.30 bits per heavy atom. The third-order valence-corrected chi connectivity index (χ3v) is 3.67. The van der Waals surface area contributed by atoms with Crippen molar-refractivity contribution in [3.8, 4) is 5.75 Å². The number of anilines is 1. The van der Waals surface area contributed by atoms with Crippen molar-refractivity contribution in [1.29, 1.82) is 0 Å². The van der Waals surface area contributed by atoms with Crippen LogP contribution in [0.25, 0.3) is 0 Å². The van der Waals surface area contributed by atoms with Gasteiger partial charge in [-0.1, -0.05) is 11.6 Å². The van der Waals surface area contributed by atoms with Gasteiger partial charge in [0.05, 0.1) is 12.8 Å². The molecule has 0 radical (unpaired) electrons. The summed E-state index contributed by atoms with van der Waals surface area (Å²) in [6.07, 6.45) is 2.90. The Morgan fingerprint density at radius 1 is 1.45 bits per heavy atom. The minimum absolute atomic E-state index is 0.245. The molecule has 0 atom stereocenters. The van der Waals surface area contributed by atoms with Crippen molar-refractivity contribution in [3.63, 3.8) is 0 Å². The van der Waals surface area contributed by atoms with Gasteiger partial charge in [0.15, 0.2) is 5.69 Å². The molecule has 0 fully saturated rings. The topological polar surface area (TPSA) is 67.0 Å². The summed E-state index contributed by atoms with van der Waals surface area (Å²) in [6, 6.07) is 5.08. The van der Waals surface area contributed by atoms with Gasteiger partial charge in [0, 0.05) is 16.3 Å². The fourth-order valence-corrected chi connectivity index (χ4v) is 2.64. The van der Waals surface area contributed by atoms with Crippen LogP contribution in [-0.2, 0) is 12.8 Å². The predicted octanol–water partition coefficient (Wildman–Crippen LogP) is 2.81. The van der Waals surface area contributed by atoms with E-state index in [2.05, 4.69) is 15.5 Å². The van der Waals surface area contributed by atoms with E-state index in [1.54, 1.807) is 25.3 Å². The van der Waals surface area contributed by atoms with Gasteiger partial charge in [0.1, 0.15) is 5.75 Å². The maximum absolute atomic E-state index is 12.3. The number of nitrogens with one attached hydrogen (secondary N) is 2. The molecule has 1 aromatic carbocycles. The number of ether oxygens (including phenoxy) is 1. The van der Waals surface area contributed by atoms with Crippen molar-refractivity contribution >= 4 is 23.2 Å². The molecule has 6 heteroatoms. The molecule has 0 saturated heterocycles. The van der Waals surface area contributed by atoms with Gasteiger partial charge in [0.2, 0.25) is 0 Å². The lowest BCUT2D eigenvalue weighted by Crippen LogP contribution is -2.15. The zero-order valence-electron chi connectivity index (χ0n) is 11.0. The van der Waals surface area contributed by atoms with Crippen LogP contribution >= 0.6 is 11.6 Å². The Hall–Kier alpha value is -2.01. The van der Waals surface area contributed by atoms with Crippen LogP contribution in [0.3, 0.4) is 0 Å². The number of aromatic amines is 1. The normalized spacial score (nSPS) is 13.1. The second-order valence-electron chi connectivity index (χ2n) is 4.68. The highest BCUT2D eigenvalue weighted by Gasteiger charge is 2.23. The van der Waals surface area contributed by atoms with Crippen molar-refractivity contribution in [3.05, 3.63) is 40.2 Å². The van der Waals surface area contributed by atoms with E-state index < -0.39 is 0 Å². The van der Waals surface area contributed by atoms with Gasteiger partial charge in [-0.2, -0.15) is 5.10 Å². The standard InChI is InChI=1S/C14H14ClN3O2/c1-20-12-6-5-8(15)7-11(12)16-14(19)13-9-3-2-4-10(9)17-18-13/h5-7H,2-4H2,1H3,(H,16,19)(H,17,18). The number of fused-ring (bicyclic) bond motifs is 1. The number of rotatable bonds is 3. The SMILES string of the molecule is COc1ccc(Cl)cc1NC(=O)c1n[nH]c2c1CCC2. The van der Waals surface area contributed by atoms with Gasteiger partial charge in [0.25, 0.3) is 5.91 Å². The first-order chi connectivity index (χ1) is 9.69. The number of aromatic nitrogens is 2. The molecule has 1 amide bonds. The van der Waals surface area contributed by atoms with Crippen molar-refractivity contribution in [2.24, 2.45) is 0 Å². The van der Waals surface area contributed by atoms with Crippen molar-refractivity contribution < 1.29 is 9.53 Å². The number of halogens is 1. The van der Waals surface area contributed by atoms with Crippen LogP contribution in [0.5, 0.6) is 5.75 Å². The van der Waals surface area contributed by atoms with Crippen LogP contribution in [-0.4, -0.2) is 23.2 Å². The summed E-state index contributed by atoms with van der Waals surface area (Å²) in [5, 5.41) is 10.4. The van der Waals surface area contributed by atoms with E-state index in [0.717, 1.165) is 30.5 Å². The summed E-state index contributed by atoms with van der Waals surface area (Å²) in [7, 11) is 1.55. The number of carbonyl (C=O) groups is 1. The molecular weight excluding hydrogens is 278 g/mol. The fourth-order valence-electron chi connectivity index (χ4n) is 2.47. The molecule has 2 aromatic rings. The van der Waals surface area contributed by atoms with Gasteiger partial charge < -0.3 is 10.1 Å². The Balaban J connectivity index is 1.87. The number of amides is 1. The molecule has 1 heterocycles. The summed E-state index contributed by atoms with van der Waals surface area (Å²) in [5.74, 6) is 0.319. The van der Waals surface area contributed by atoms with Crippen LogP contribution in [0.2, 0.25) is 5.02 Å². The number of benzene rings is 1. The van der Waals surface area contributed by atoms with E-state index in [1.165, 1.54) is 0 Å². The van der Waals surface area contributed by atoms with Crippen molar-refractivity contribution in [1.82, 2.24) is 10.2 Å². The first-order valence-corrected chi connectivity index (χ1v) is 6.78. The zero-order chi connectivity index (χ0) is 14.1. The second kappa shape index (κ2) is 5.17. The average Bonchev–Trinajstić information content (AvgIpc) is 3.01. The molecule has 3 rings (SSSR count). The number of nitrogens with zero attached hydrogens (tertiary/aromatic N) is 1. The maximum atomic E-state index is 12.3. The molecule has 1 aromatic heterocycles. The van der Waals surface area contributed by atoms with Crippen LogP contribution in [0.4, 0.5) is 5.69 Å². The van der Waals surface area contributed by atoms with Crippen LogP contribution < -0.4 is 10.1 Å². The molecule has 0 aliphatic heterocycles. The van der Waals surface area contributed by atoms with E-state index in [-0.39, 0.29) is 5.91 Å². The summed E-state index contributed by atoms with van der Waals surface area (Å²) in [4.78, 5) is 12.3. The number of hydrogen-bond donors (Lipinski definition) is 2. The summed E-state index contributed by atoms with van der Waals surface area (Å²) < 4.78 is 5.21. The number of H-pyrrole nitrogens is 1. The predicted molar refractivity (Wildman–Crippen MR) is 76.6 cm³/mol. The molecule has 1 aliphatic rings. The first-order valence-electron chi connectivity index (χ1n) is 6.40. The lowest BCUT2D eigenvalue weighted by molar-refractivity contribution is 0.102. The Kier molecular flexibility index (Phi) is 3.36. The van der Waals surface area contributed by atoms with Gasteiger partial charge in [-0.25, -0.2) is 0 Å². The van der Waals surface area contributed by atoms with Crippen LogP contribution in [0.15, 0.2) is 18.2 Å². The summed E-state index contributed by atoms with van der Waals surface area (Å²) >= 11 is 5.95. The zero-order valence-corrected chi connectivity index (χ0v) is 11.8. The molecule has 0 saturated carbocycles. The highest BCUT2D eigenvalue weighted by atomic mass is 35.5. The third-order valence-electron chi connectivity index (χ3n) is 3.43. The minimum Gasteiger partial charge on any atom is -0.495 e. The molecule has 0 unspecified atom stereocenters.